The molecule has 0 atom stereocenters. The Morgan fingerprint density at radius 2 is 1.93 bits per heavy atom. The van der Waals surface area contributed by atoms with E-state index >= 15 is 0 Å². The van der Waals surface area contributed by atoms with E-state index in [4.69, 9.17) is 14.6 Å². The number of halogens is 1. The number of ether oxygens (including phenoxy) is 2. The number of nitrogens with zero attached hydrogens (tertiary/aromatic N) is 2. The van der Waals surface area contributed by atoms with Crippen LogP contribution >= 0.6 is 12.4 Å². The van der Waals surface area contributed by atoms with E-state index in [9.17, 15) is 4.79 Å². The quantitative estimate of drug-likeness (QED) is 0.605. The van der Waals surface area contributed by atoms with Gasteiger partial charge in [-0.3, -0.25) is 4.79 Å². The highest BCUT2D eigenvalue weighted by molar-refractivity contribution is 6.00. The maximum atomic E-state index is 13.0. The summed E-state index contributed by atoms with van der Waals surface area (Å²) in [7, 11) is 3.20. The third-order valence-electron chi connectivity index (χ3n) is 5.06. The molecule has 30 heavy (non-hydrogen) atoms. The first-order valence-electron chi connectivity index (χ1n) is 9.56. The predicted molar refractivity (Wildman–Crippen MR) is 118 cm³/mol. The molecule has 0 unspecified atom stereocenters. The minimum atomic E-state index is -0.146. The standard InChI is InChI=1S/C22H24N4O3.ClH/c1-28-17-8-9-18(20(10-17)29-2)21-19(22(27)24-13-15-11-23-12-15)14-26(25-21)16-6-4-3-5-7-16;/h3-10,14-15,23H,11-13H2,1-2H3,(H,24,27);1H. The van der Waals surface area contributed by atoms with Gasteiger partial charge in [0.25, 0.3) is 5.91 Å². The summed E-state index contributed by atoms with van der Waals surface area (Å²) in [5.41, 5.74) is 2.68. The molecule has 1 aliphatic heterocycles. The molecule has 0 saturated carbocycles. The van der Waals surface area contributed by atoms with Gasteiger partial charge in [0.1, 0.15) is 17.2 Å². The Labute approximate surface area is 181 Å². The highest BCUT2D eigenvalue weighted by Crippen LogP contribution is 2.34. The van der Waals surface area contributed by atoms with Crippen LogP contribution in [0.4, 0.5) is 0 Å². The van der Waals surface area contributed by atoms with E-state index in [1.807, 2.05) is 42.5 Å². The summed E-state index contributed by atoms with van der Waals surface area (Å²) < 4.78 is 12.6. The molecule has 1 aromatic heterocycles. The molecule has 7 nitrogen and oxygen atoms in total. The molecule has 0 spiro atoms. The van der Waals surface area contributed by atoms with Crippen LogP contribution in [0.1, 0.15) is 10.4 Å². The van der Waals surface area contributed by atoms with Crippen molar-refractivity contribution in [3.63, 3.8) is 0 Å². The molecule has 0 bridgehead atoms. The topological polar surface area (TPSA) is 77.4 Å². The Morgan fingerprint density at radius 3 is 2.57 bits per heavy atom. The van der Waals surface area contributed by atoms with Crippen LogP contribution in [-0.4, -0.2) is 49.5 Å². The lowest BCUT2D eigenvalue weighted by Gasteiger charge is -2.27. The Hall–Kier alpha value is -3.03. The van der Waals surface area contributed by atoms with Crippen LogP contribution in [0.5, 0.6) is 11.5 Å². The fraction of sp³-hybridized carbons (Fsp3) is 0.273. The Balaban J connectivity index is 0.00000256. The minimum absolute atomic E-state index is 0. The number of benzene rings is 2. The van der Waals surface area contributed by atoms with Crippen LogP contribution in [0.25, 0.3) is 16.9 Å². The van der Waals surface area contributed by atoms with Gasteiger partial charge in [0.15, 0.2) is 0 Å². The average molecular weight is 429 g/mol. The third kappa shape index (κ3) is 4.42. The second kappa shape index (κ2) is 9.65. The molecule has 1 aliphatic rings. The zero-order valence-electron chi connectivity index (χ0n) is 16.9. The zero-order valence-corrected chi connectivity index (χ0v) is 17.7. The van der Waals surface area contributed by atoms with Gasteiger partial charge in [-0.1, -0.05) is 18.2 Å². The number of carbonyl (C=O) groups is 1. The monoisotopic (exact) mass is 428 g/mol. The number of hydrogen-bond donors (Lipinski definition) is 2. The first-order valence-corrected chi connectivity index (χ1v) is 9.56. The third-order valence-corrected chi connectivity index (χ3v) is 5.06. The van der Waals surface area contributed by atoms with Crippen molar-refractivity contribution >= 4 is 18.3 Å². The smallest absolute Gasteiger partial charge is 0.255 e. The van der Waals surface area contributed by atoms with Crippen molar-refractivity contribution in [2.24, 2.45) is 5.92 Å². The van der Waals surface area contributed by atoms with E-state index in [2.05, 4.69) is 10.6 Å². The molecule has 8 heteroatoms. The molecule has 158 valence electrons. The fourth-order valence-electron chi connectivity index (χ4n) is 3.27. The molecule has 0 aliphatic carbocycles. The molecule has 1 saturated heterocycles. The first kappa shape index (κ1) is 21.7. The second-order valence-electron chi connectivity index (χ2n) is 6.97. The van der Waals surface area contributed by atoms with Crippen LogP contribution in [-0.2, 0) is 0 Å². The number of nitrogens with one attached hydrogen (secondary N) is 2. The molecule has 4 rings (SSSR count). The van der Waals surface area contributed by atoms with E-state index in [1.165, 1.54) is 0 Å². The van der Waals surface area contributed by atoms with Gasteiger partial charge >= 0.3 is 0 Å². The van der Waals surface area contributed by atoms with E-state index in [0.29, 0.717) is 35.2 Å². The summed E-state index contributed by atoms with van der Waals surface area (Å²) in [5.74, 6) is 1.60. The summed E-state index contributed by atoms with van der Waals surface area (Å²) in [6, 6.07) is 15.2. The number of para-hydroxylation sites is 1. The van der Waals surface area contributed by atoms with Crippen LogP contribution < -0.4 is 20.1 Å². The van der Waals surface area contributed by atoms with Gasteiger partial charge in [-0.15, -0.1) is 12.4 Å². The Morgan fingerprint density at radius 1 is 1.17 bits per heavy atom. The zero-order chi connectivity index (χ0) is 20.2. The lowest BCUT2D eigenvalue weighted by atomic mass is 10.0. The van der Waals surface area contributed by atoms with Gasteiger partial charge in [-0.2, -0.15) is 5.10 Å². The lowest BCUT2D eigenvalue weighted by Crippen LogP contribution is -2.48. The number of hydrogen-bond acceptors (Lipinski definition) is 5. The SMILES string of the molecule is COc1ccc(-c2nn(-c3ccccc3)cc2C(=O)NCC2CNC2)c(OC)c1.Cl. The average Bonchev–Trinajstić information content (AvgIpc) is 3.18. The van der Waals surface area contributed by atoms with E-state index < -0.39 is 0 Å². The summed E-state index contributed by atoms with van der Waals surface area (Å²) in [6.45, 7) is 2.51. The second-order valence-corrected chi connectivity index (χ2v) is 6.97. The fourth-order valence-corrected chi connectivity index (χ4v) is 3.27. The Kier molecular flexibility index (Phi) is 6.97. The number of amides is 1. The van der Waals surface area contributed by atoms with Crippen molar-refractivity contribution in [3.05, 3.63) is 60.3 Å². The van der Waals surface area contributed by atoms with Crippen molar-refractivity contribution in [3.8, 4) is 28.4 Å². The summed E-state index contributed by atoms with van der Waals surface area (Å²) >= 11 is 0. The van der Waals surface area contributed by atoms with Gasteiger partial charge in [-0.05, 0) is 24.3 Å². The van der Waals surface area contributed by atoms with Gasteiger partial charge < -0.3 is 20.1 Å². The van der Waals surface area contributed by atoms with Crippen molar-refractivity contribution in [2.75, 3.05) is 33.9 Å². The highest BCUT2D eigenvalue weighted by Gasteiger charge is 2.23. The number of methoxy groups -OCH3 is 2. The summed E-state index contributed by atoms with van der Waals surface area (Å²) in [6.07, 6.45) is 1.77. The number of rotatable bonds is 7. The molecule has 2 aromatic carbocycles. The largest absolute Gasteiger partial charge is 0.497 e. The van der Waals surface area contributed by atoms with Crippen LogP contribution in [0.3, 0.4) is 0 Å². The van der Waals surface area contributed by atoms with Crippen LogP contribution in [0.2, 0.25) is 0 Å². The van der Waals surface area contributed by atoms with Crippen molar-refractivity contribution in [1.29, 1.82) is 0 Å². The molecule has 3 aromatic rings. The summed E-state index contributed by atoms with van der Waals surface area (Å²) in [5, 5.41) is 11.0. The molecule has 2 N–H and O–H groups in total. The molecular formula is C22H25ClN4O3. The van der Waals surface area contributed by atoms with Crippen LogP contribution in [0.15, 0.2) is 54.7 Å². The van der Waals surface area contributed by atoms with Gasteiger partial charge in [0.05, 0.1) is 25.5 Å². The Bertz CT molecular complexity index is 1000. The summed E-state index contributed by atoms with van der Waals surface area (Å²) in [4.78, 5) is 13.0. The van der Waals surface area contributed by atoms with Gasteiger partial charge in [0.2, 0.25) is 0 Å². The minimum Gasteiger partial charge on any atom is -0.497 e. The van der Waals surface area contributed by atoms with E-state index in [-0.39, 0.29) is 18.3 Å². The molecule has 2 heterocycles. The van der Waals surface area contributed by atoms with Crippen molar-refractivity contribution < 1.29 is 14.3 Å². The van der Waals surface area contributed by atoms with Crippen molar-refractivity contribution in [1.82, 2.24) is 20.4 Å². The maximum absolute atomic E-state index is 13.0. The van der Waals surface area contributed by atoms with Gasteiger partial charge in [-0.25, -0.2) is 4.68 Å². The normalized spacial score (nSPS) is 13.1. The maximum Gasteiger partial charge on any atom is 0.255 e. The molecular weight excluding hydrogens is 404 g/mol. The molecule has 0 radical (unpaired) electrons. The predicted octanol–water partition coefficient (Wildman–Crippen LogP) is 2.93. The van der Waals surface area contributed by atoms with Crippen LogP contribution in [0, 0.1) is 5.92 Å². The van der Waals surface area contributed by atoms with E-state index in [1.54, 1.807) is 31.2 Å². The first-order chi connectivity index (χ1) is 14.2. The number of carbonyl (C=O) groups excluding carboxylic acids is 1. The highest BCUT2D eigenvalue weighted by atomic mass is 35.5. The van der Waals surface area contributed by atoms with Gasteiger partial charge in [0, 0.05) is 43.4 Å². The lowest BCUT2D eigenvalue weighted by molar-refractivity contribution is 0.0943. The van der Waals surface area contributed by atoms with E-state index in [0.717, 1.165) is 24.3 Å². The molecule has 1 fully saturated rings. The number of aromatic nitrogens is 2. The molecule has 1 amide bonds. The van der Waals surface area contributed by atoms with Crippen molar-refractivity contribution in [2.45, 2.75) is 0 Å².